The second-order valence-corrected chi connectivity index (χ2v) is 8.40. The quantitative estimate of drug-likeness (QED) is 0.762. The van der Waals surface area contributed by atoms with Crippen molar-refractivity contribution >= 4 is 34.6 Å². The molecular weight excluding hydrogens is 364 g/mol. The lowest BCUT2D eigenvalue weighted by molar-refractivity contribution is 0.572. The Morgan fingerprint density at radius 3 is 1.55 bits per heavy atom. The number of hydrogen-bond donors (Lipinski definition) is 0. The molecule has 0 radical (unpaired) electrons. The molecule has 29 heavy (non-hydrogen) atoms. The Labute approximate surface area is 173 Å². The summed E-state index contributed by atoms with van der Waals surface area (Å²) in [5, 5.41) is 0. The Hall–Kier alpha value is -2.38. The highest BCUT2D eigenvalue weighted by molar-refractivity contribution is 5.95. The van der Waals surface area contributed by atoms with Crippen molar-refractivity contribution in [2.75, 3.05) is 73.5 Å². The molecule has 0 aromatic carbocycles. The third-order valence-electron chi connectivity index (χ3n) is 6.01. The summed E-state index contributed by atoms with van der Waals surface area (Å²) in [6.07, 6.45) is 7.39. The van der Waals surface area contributed by atoms with E-state index in [1.54, 1.807) is 0 Å². The van der Waals surface area contributed by atoms with E-state index in [9.17, 15) is 0 Å². The molecule has 0 bridgehead atoms. The number of piperidine rings is 2. The molecule has 2 fully saturated rings. The lowest BCUT2D eigenvalue weighted by Gasteiger charge is -2.32. The van der Waals surface area contributed by atoms with Gasteiger partial charge in [-0.1, -0.05) is 0 Å². The Morgan fingerprint density at radius 1 is 0.655 bits per heavy atom. The van der Waals surface area contributed by atoms with Gasteiger partial charge < -0.3 is 19.6 Å². The topological polar surface area (TPSA) is 64.5 Å². The van der Waals surface area contributed by atoms with Gasteiger partial charge in [0.05, 0.1) is 0 Å². The second kappa shape index (κ2) is 8.55. The van der Waals surface area contributed by atoms with E-state index >= 15 is 0 Å². The van der Waals surface area contributed by atoms with Crippen LogP contribution in [-0.4, -0.2) is 73.8 Å². The highest BCUT2D eigenvalue weighted by atomic mass is 15.3. The van der Waals surface area contributed by atoms with Gasteiger partial charge in [-0.05, 0) is 45.4 Å². The van der Waals surface area contributed by atoms with Gasteiger partial charge in [-0.3, -0.25) is 0 Å². The smallest absolute Gasteiger partial charge is 0.227 e. The standard InChI is InChI=1S/C21H34N8/c1-5-27(4)21-23-17-16(19(25-21)29-14-10-7-11-15-29)22-20(26(2)3)24-18(17)28-12-8-6-9-13-28/h5-15H2,1-4H3. The highest BCUT2D eigenvalue weighted by Crippen LogP contribution is 2.34. The minimum atomic E-state index is 0.733. The third kappa shape index (κ3) is 4.02. The number of anilines is 4. The minimum absolute atomic E-state index is 0.733. The number of fused-ring (bicyclic) bond motifs is 1. The molecule has 0 saturated carbocycles. The van der Waals surface area contributed by atoms with Crippen molar-refractivity contribution in [1.82, 2.24) is 19.9 Å². The molecule has 2 aliphatic rings. The van der Waals surface area contributed by atoms with Crippen LogP contribution in [0.4, 0.5) is 23.5 Å². The first kappa shape index (κ1) is 19.9. The van der Waals surface area contributed by atoms with Crippen LogP contribution in [0, 0.1) is 0 Å². The molecule has 2 saturated heterocycles. The maximum absolute atomic E-state index is 5.00. The summed E-state index contributed by atoms with van der Waals surface area (Å²) in [4.78, 5) is 28.7. The van der Waals surface area contributed by atoms with Gasteiger partial charge in [0.15, 0.2) is 11.6 Å². The Morgan fingerprint density at radius 2 is 1.10 bits per heavy atom. The first-order valence-electron chi connectivity index (χ1n) is 11.1. The third-order valence-corrected chi connectivity index (χ3v) is 6.01. The lowest BCUT2D eigenvalue weighted by Crippen LogP contribution is -2.33. The predicted octanol–water partition coefficient (Wildman–Crippen LogP) is 2.92. The van der Waals surface area contributed by atoms with Crippen molar-refractivity contribution in [3.63, 3.8) is 0 Å². The van der Waals surface area contributed by atoms with Crippen LogP contribution in [0.2, 0.25) is 0 Å². The van der Waals surface area contributed by atoms with E-state index in [1.807, 2.05) is 19.0 Å². The van der Waals surface area contributed by atoms with Crippen LogP contribution in [0.15, 0.2) is 0 Å². The summed E-state index contributed by atoms with van der Waals surface area (Å²) >= 11 is 0. The average Bonchev–Trinajstić information content (AvgIpc) is 2.78. The van der Waals surface area contributed by atoms with Gasteiger partial charge in [0.25, 0.3) is 0 Å². The highest BCUT2D eigenvalue weighted by Gasteiger charge is 2.25. The van der Waals surface area contributed by atoms with Crippen molar-refractivity contribution in [2.24, 2.45) is 0 Å². The maximum Gasteiger partial charge on any atom is 0.227 e. The summed E-state index contributed by atoms with van der Waals surface area (Å²) in [7, 11) is 6.06. The van der Waals surface area contributed by atoms with Gasteiger partial charge in [0, 0.05) is 53.9 Å². The van der Waals surface area contributed by atoms with E-state index in [1.165, 1.54) is 38.5 Å². The van der Waals surface area contributed by atoms with E-state index in [-0.39, 0.29) is 0 Å². The lowest BCUT2D eigenvalue weighted by atomic mass is 10.1. The van der Waals surface area contributed by atoms with Gasteiger partial charge in [-0.15, -0.1) is 0 Å². The second-order valence-electron chi connectivity index (χ2n) is 8.40. The summed E-state index contributed by atoms with van der Waals surface area (Å²) in [5.41, 5.74) is 1.78. The molecule has 0 unspecified atom stereocenters. The number of aromatic nitrogens is 4. The Kier molecular flexibility index (Phi) is 5.87. The van der Waals surface area contributed by atoms with Gasteiger partial charge >= 0.3 is 0 Å². The largest absolute Gasteiger partial charge is 0.355 e. The fraction of sp³-hybridized carbons (Fsp3) is 0.714. The average molecular weight is 399 g/mol. The molecule has 0 atom stereocenters. The molecule has 2 aromatic heterocycles. The Bertz CT molecular complexity index is 840. The molecule has 0 amide bonds. The number of rotatable bonds is 5. The minimum Gasteiger partial charge on any atom is -0.355 e. The molecule has 2 aromatic rings. The first-order chi connectivity index (χ1) is 14.1. The zero-order valence-electron chi connectivity index (χ0n) is 18.4. The summed E-state index contributed by atoms with van der Waals surface area (Å²) in [5.74, 6) is 3.43. The monoisotopic (exact) mass is 398 g/mol. The Balaban J connectivity index is 1.94. The molecule has 0 spiro atoms. The van der Waals surface area contributed by atoms with E-state index in [4.69, 9.17) is 19.9 Å². The fourth-order valence-electron chi connectivity index (χ4n) is 4.13. The van der Waals surface area contributed by atoms with E-state index in [2.05, 4.69) is 28.7 Å². The first-order valence-corrected chi connectivity index (χ1v) is 11.1. The van der Waals surface area contributed by atoms with Crippen LogP contribution in [-0.2, 0) is 0 Å². The van der Waals surface area contributed by atoms with Crippen LogP contribution in [0.3, 0.4) is 0 Å². The fourth-order valence-corrected chi connectivity index (χ4v) is 4.13. The normalized spacial score (nSPS) is 17.7. The predicted molar refractivity (Wildman–Crippen MR) is 121 cm³/mol. The van der Waals surface area contributed by atoms with Gasteiger partial charge in [0.2, 0.25) is 11.9 Å². The van der Waals surface area contributed by atoms with E-state index < -0.39 is 0 Å². The molecule has 0 N–H and O–H groups in total. The number of nitrogens with zero attached hydrogens (tertiary/aromatic N) is 8. The molecule has 2 aliphatic heterocycles. The van der Waals surface area contributed by atoms with E-state index in [0.29, 0.717) is 0 Å². The van der Waals surface area contributed by atoms with Crippen molar-refractivity contribution in [3.05, 3.63) is 0 Å². The van der Waals surface area contributed by atoms with Gasteiger partial charge in [0.1, 0.15) is 11.0 Å². The van der Waals surface area contributed by atoms with Crippen LogP contribution in [0.25, 0.3) is 11.0 Å². The van der Waals surface area contributed by atoms with Crippen molar-refractivity contribution in [1.29, 1.82) is 0 Å². The van der Waals surface area contributed by atoms with Crippen LogP contribution in [0.5, 0.6) is 0 Å². The molecular formula is C21H34N8. The van der Waals surface area contributed by atoms with Gasteiger partial charge in [-0.2, -0.15) is 9.97 Å². The van der Waals surface area contributed by atoms with Crippen LogP contribution in [0.1, 0.15) is 45.4 Å². The SMILES string of the molecule is CCN(C)c1nc(N2CCCCC2)c2nc(N(C)C)nc(N3CCCCC3)c2n1. The molecule has 8 heteroatoms. The summed E-state index contributed by atoms with van der Waals surface area (Å²) in [6.45, 7) is 7.11. The number of hydrogen-bond acceptors (Lipinski definition) is 8. The van der Waals surface area contributed by atoms with E-state index in [0.717, 1.165) is 67.3 Å². The van der Waals surface area contributed by atoms with Crippen molar-refractivity contribution < 1.29 is 0 Å². The molecule has 4 rings (SSSR count). The molecule has 0 aliphatic carbocycles. The van der Waals surface area contributed by atoms with Crippen molar-refractivity contribution in [2.45, 2.75) is 45.4 Å². The maximum atomic E-state index is 5.00. The summed E-state index contributed by atoms with van der Waals surface area (Å²) in [6, 6.07) is 0. The van der Waals surface area contributed by atoms with Gasteiger partial charge in [-0.25, -0.2) is 9.97 Å². The van der Waals surface area contributed by atoms with Crippen molar-refractivity contribution in [3.8, 4) is 0 Å². The van der Waals surface area contributed by atoms with Crippen LogP contribution >= 0.6 is 0 Å². The molecule has 8 nitrogen and oxygen atoms in total. The summed E-state index contributed by atoms with van der Waals surface area (Å²) < 4.78 is 0. The zero-order valence-corrected chi connectivity index (χ0v) is 18.4. The van der Waals surface area contributed by atoms with Crippen LogP contribution < -0.4 is 19.6 Å². The zero-order chi connectivity index (χ0) is 20.4. The molecule has 4 heterocycles. The molecule has 158 valence electrons.